The molecule has 0 saturated heterocycles. The van der Waals surface area contributed by atoms with Gasteiger partial charge in [-0.05, 0) is 25.7 Å². The second-order valence-corrected chi connectivity index (χ2v) is 5.36. The van der Waals surface area contributed by atoms with Gasteiger partial charge in [0, 0.05) is 12.5 Å². The molecule has 0 aliphatic heterocycles. The van der Waals surface area contributed by atoms with Crippen molar-refractivity contribution in [2.24, 2.45) is 11.8 Å². The van der Waals surface area contributed by atoms with E-state index in [2.05, 4.69) is 26.1 Å². The molecule has 0 heterocycles. The molecule has 90 valence electrons. The van der Waals surface area contributed by atoms with Crippen molar-refractivity contribution in [2.75, 3.05) is 0 Å². The Morgan fingerprint density at radius 1 is 1.07 bits per heavy atom. The molecule has 0 spiro atoms. The highest BCUT2D eigenvalue weighted by Crippen LogP contribution is 2.14. The summed E-state index contributed by atoms with van der Waals surface area (Å²) in [5.74, 6) is 1.49. The van der Waals surface area contributed by atoms with Gasteiger partial charge in [-0.2, -0.15) is 0 Å². The molecule has 2 nitrogen and oxygen atoms in total. The van der Waals surface area contributed by atoms with Gasteiger partial charge in [0.2, 0.25) is 5.91 Å². The normalized spacial score (nSPS) is 13.3. The molecule has 0 rings (SSSR count). The van der Waals surface area contributed by atoms with Gasteiger partial charge in [-0.1, -0.05) is 40.0 Å². The van der Waals surface area contributed by atoms with Crippen LogP contribution in [0.3, 0.4) is 0 Å². The van der Waals surface area contributed by atoms with Gasteiger partial charge in [0.05, 0.1) is 0 Å². The largest absolute Gasteiger partial charge is 0.354 e. The summed E-state index contributed by atoms with van der Waals surface area (Å²) in [5, 5.41) is 2.93. The maximum atomic E-state index is 11.4. The predicted molar refractivity (Wildman–Crippen MR) is 65.7 cm³/mol. The fraction of sp³-hybridized carbons (Fsp3) is 0.923. The van der Waals surface area contributed by atoms with E-state index in [0.717, 1.165) is 5.92 Å². The van der Waals surface area contributed by atoms with Gasteiger partial charge in [0.1, 0.15) is 0 Å². The lowest BCUT2D eigenvalue weighted by atomic mass is 9.97. The SMILES string of the molecule is CC(C)CCC[C@@H](C)CC(=O)NC(C)C. The Bertz CT molecular complexity index is 175. The number of hydrogen-bond donors (Lipinski definition) is 1. The van der Waals surface area contributed by atoms with Crippen LogP contribution in [0.1, 0.15) is 60.3 Å². The molecular formula is C13H27NO. The van der Waals surface area contributed by atoms with Crippen molar-refractivity contribution in [3.63, 3.8) is 0 Å². The van der Waals surface area contributed by atoms with Crippen LogP contribution in [0.25, 0.3) is 0 Å². The van der Waals surface area contributed by atoms with Crippen molar-refractivity contribution in [3.05, 3.63) is 0 Å². The van der Waals surface area contributed by atoms with Crippen LogP contribution in [-0.2, 0) is 4.79 Å². The van der Waals surface area contributed by atoms with Crippen LogP contribution in [0.15, 0.2) is 0 Å². The number of amides is 1. The summed E-state index contributed by atoms with van der Waals surface area (Å²) in [7, 11) is 0. The zero-order chi connectivity index (χ0) is 11.8. The highest BCUT2D eigenvalue weighted by atomic mass is 16.1. The zero-order valence-corrected chi connectivity index (χ0v) is 11.0. The van der Waals surface area contributed by atoms with E-state index >= 15 is 0 Å². The molecule has 1 atom stereocenters. The summed E-state index contributed by atoms with van der Waals surface area (Å²) in [5.41, 5.74) is 0. The van der Waals surface area contributed by atoms with Crippen LogP contribution >= 0.6 is 0 Å². The summed E-state index contributed by atoms with van der Waals surface area (Å²) in [6.45, 7) is 10.7. The fourth-order valence-corrected chi connectivity index (χ4v) is 1.67. The average molecular weight is 213 g/mol. The van der Waals surface area contributed by atoms with Crippen molar-refractivity contribution in [1.29, 1.82) is 0 Å². The zero-order valence-electron chi connectivity index (χ0n) is 11.0. The number of carbonyl (C=O) groups is 1. The Morgan fingerprint density at radius 2 is 1.67 bits per heavy atom. The third-order valence-electron chi connectivity index (χ3n) is 2.46. The molecule has 0 bridgehead atoms. The molecule has 0 aromatic carbocycles. The molecule has 0 aliphatic carbocycles. The number of hydrogen-bond acceptors (Lipinski definition) is 1. The maximum Gasteiger partial charge on any atom is 0.220 e. The molecule has 0 fully saturated rings. The van der Waals surface area contributed by atoms with E-state index in [0.29, 0.717) is 12.3 Å². The molecule has 1 amide bonds. The summed E-state index contributed by atoms with van der Waals surface area (Å²) in [6.07, 6.45) is 4.36. The third kappa shape index (κ3) is 9.77. The minimum atomic E-state index is 0.196. The molecule has 1 N–H and O–H groups in total. The molecule has 0 saturated carbocycles. The third-order valence-corrected chi connectivity index (χ3v) is 2.46. The molecule has 0 unspecified atom stereocenters. The number of carbonyl (C=O) groups excluding carboxylic acids is 1. The van der Waals surface area contributed by atoms with Gasteiger partial charge < -0.3 is 5.32 Å². The molecule has 0 aromatic rings. The second kappa shape index (κ2) is 7.72. The summed E-state index contributed by atoms with van der Waals surface area (Å²) in [4.78, 5) is 11.4. The van der Waals surface area contributed by atoms with Crippen molar-refractivity contribution in [2.45, 2.75) is 66.3 Å². The number of nitrogens with one attached hydrogen (secondary N) is 1. The number of rotatable bonds is 7. The average Bonchev–Trinajstić information content (AvgIpc) is 2.00. The summed E-state index contributed by atoms with van der Waals surface area (Å²) >= 11 is 0. The van der Waals surface area contributed by atoms with Crippen LogP contribution in [0.5, 0.6) is 0 Å². The van der Waals surface area contributed by atoms with E-state index in [1.54, 1.807) is 0 Å². The molecule has 2 heteroatoms. The lowest BCUT2D eigenvalue weighted by molar-refractivity contribution is -0.122. The quantitative estimate of drug-likeness (QED) is 0.690. The van der Waals surface area contributed by atoms with Crippen LogP contribution in [0, 0.1) is 11.8 Å². The van der Waals surface area contributed by atoms with Gasteiger partial charge >= 0.3 is 0 Å². The first-order valence-electron chi connectivity index (χ1n) is 6.21. The highest BCUT2D eigenvalue weighted by molar-refractivity contribution is 5.76. The minimum absolute atomic E-state index is 0.196. The Balaban J connectivity index is 3.55. The van der Waals surface area contributed by atoms with Crippen molar-refractivity contribution >= 4 is 5.91 Å². The monoisotopic (exact) mass is 213 g/mol. The van der Waals surface area contributed by atoms with Gasteiger partial charge in [-0.15, -0.1) is 0 Å². The van der Waals surface area contributed by atoms with Crippen LogP contribution in [-0.4, -0.2) is 11.9 Å². The Labute approximate surface area is 94.8 Å². The summed E-state index contributed by atoms with van der Waals surface area (Å²) < 4.78 is 0. The van der Waals surface area contributed by atoms with Crippen molar-refractivity contribution in [1.82, 2.24) is 5.32 Å². The lowest BCUT2D eigenvalue weighted by Gasteiger charge is -2.13. The first-order valence-corrected chi connectivity index (χ1v) is 6.21. The topological polar surface area (TPSA) is 29.1 Å². The molecule has 0 radical (unpaired) electrons. The highest BCUT2D eigenvalue weighted by Gasteiger charge is 2.09. The smallest absolute Gasteiger partial charge is 0.220 e. The standard InChI is InChI=1S/C13H27NO/c1-10(2)7-6-8-12(5)9-13(15)14-11(3)4/h10-12H,6-9H2,1-5H3,(H,14,15)/t12-/m1/s1. The Hall–Kier alpha value is -0.530. The summed E-state index contributed by atoms with van der Waals surface area (Å²) in [6, 6.07) is 0.264. The first-order chi connectivity index (χ1) is 6.91. The van der Waals surface area contributed by atoms with Crippen LogP contribution in [0.2, 0.25) is 0 Å². The molecule has 0 aliphatic rings. The molecular weight excluding hydrogens is 186 g/mol. The van der Waals surface area contributed by atoms with E-state index in [9.17, 15) is 4.79 Å². The van der Waals surface area contributed by atoms with Gasteiger partial charge in [0.25, 0.3) is 0 Å². The van der Waals surface area contributed by atoms with E-state index < -0.39 is 0 Å². The second-order valence-electron chi connectivity index (χ2n) is 5.36. The Morgan fingerprint density at radius 3 is 2.13 bits per heavy atom. The van der Waals surface area contributed by atoms with Gasteiger partial charge in [-0.25, -0.2) is 0 Å². The van der Waals surface area contributed by atoms with E-state index in [-0.39, 0.29) is 11.9 Å². The van der Waals surface area contributed by atoms with Crippen LogP contribution in [0.4, 0.5) is 0 Å². The maximum absolute atomic E-state index is 11.4. The first kappa shape index (κ1) is 14.5. The minimum Gasteiger partial charge on any atom is -0.354 e. The molecule has 15 heavy (non-hydrogen) atoms. The van der Waals surface area contributed by atoms with E-state index in [1.807, 2.05) is 13.8 Å². The predicted octanol–water partition coefficient (Wildman–Crippen LogP) is 3.36. The Kier molecular flexibility index (Phi) is 7.45. The van der Waals surface area contributed by atoms with Gasteiger partial charge in [-0.3, -0.25) is 4.79 Å². The van der Waals surface area contributed by atoms with Crippen molar-refractivity contribution in [3.8, 4) is 0 Å². The lowest BCUT2D eigenvalue weighted by Crippen LogP contribution is -2.31. The van der Waals surface area contributed by atoms with Gasteiger partial charge in [0.15, 0.2) is 0 Å². The molecule has 0 aromatic heterocycles. The van der Waals surface area contributed by atoms with Crippen LogP contribution < -0.4 is 5.32 Å². The fourth-order valence-electron chi connectivity index (χ4n) is 1.67. The van der Waals surface area contributed by atoms with Crippen molar-refractivity contribution < 1.29 is 4.79 Å². The van der Waals surface area contributed by atoms with E-state index in [1.165, 1.54) is 19.3 Å². The van der Waals surface area contributed by atoms with E-state index in [4.69, 9.17) is 0 Å².